The Hall–Kier alpha value is -6.25. The number of carbonyl (C=O) groups excluding carboxylic acids is 11. The van der Waals surface area contributed by atoms with Gasteiger partial charge in [0, 0.05) is 62.2 Å². The average Bonchev–Trinajstić information content (AvgIpc) is 0.843. The second kappa shape index (κ2) is 40.0. The molecule has 2 aliphatic heterocycles. The Bertz CT molecular complexity index is 2610. The summed E-state index contributed by atoms with van der Waals surface area (Å²) in [7, 11) is 10.0. The highest BCUT2D eigenvalue weighted by atomic mass is 16.7. The Morgan fingerprint density at radius 3 is 1.49 bits per heavy atom. The van der Waals surface area contributed by atoms with Crippen LogP contribution in [0.15, 0.2) is 12.2 Å². The molecule has 0 aromatic carbocycles. The Labute approximate surface area is 574 Å². The lowest BCUT2D eigenvalue weighted by atomic mass is 9.93. The number of carbonyl (C=O) groups is 11. The summed E-state index contributed by atoms with van der Waals surface area (Å²) in [6.45, 7) is 30.2. The second-order valence-corrected chi connectivity index (χ2v) is 29.4. The van der Waals surface area contributed by atoms with Crippen LogP contribution in [0.4, 0.5) is 0 Å². The van der Waals surface area contributed by atoms with Gasteiger partial charge in [-0.3, -0.25) is 52.7 Å². The quantitative estimate of drug-likeness (QED) is 0.0789. The molecule has 2 rings (SSSR count). The van der Waals surface area contributed by atoms with Crippen LogP contribution in [0.25, 0.3) is 0 Å². The van der Waals surface area contributed by atoms with Crippen molar-refractivity contribution in [1.29, 1.82) is 0 Å². The van der Waals surface area contributed by atoms with Crippen LogP contribution in [-0.4, -0.2) is 258 Å². The Morgan fingerprint density at radius 1 is 0.521 bits per heavy atom. The van der Waals surface area contributed by atoms with Gasteiger partial charge in [0.05, 0.1) is 32.0 Å². The first-order chi connectivity index (χ1) is 44.6. The van der Waals surface area contributed by atoms with E-state index in [9.17, 15) is 24.3 Å². The highest BCUT2D eigenvalue weighted by Gasteiger charge is 2.45. The van der Waals surface area contributed by atoms with Crippen molar-refractivity contribution in [3.63, 3.8) is 0 Å². The lowest BCUT2D eigenvalue weighted by Crippen LogP contribution is -2.62. The summed E-state index contributed by atoms with van der Waals surface area (Å²) >= 11 is 0. The zero-order valence-corrected chi connectivity index (χ0v) is 62.7. The van der Waals surface area contributed by atoms with Crippen molar-refractivity contribution >= 4 is 65.0 Å². The van der Waals surface area contributed by atoms with Gasteiger partial charge in [-0.1, -0.05) is 95.2 Å². The zero-order chi connectivity index (χ0) is 73.5. The van der Waals surface area contributed by atoms with Gasteiger partial charge in [-0.05, 0) is 121 Å². The highest BCUT2D eigenvalue weighted by molar-refractivity contribution is 6.00. The molecule has 96 heavy (non-hydrogen) atoms. The molecule has 26 heteroatoms. The summed E-state index contributed by atoms with van der Waals surface area (Å²) in [5.41, 5.74) is -1.60. The number of ether oxygens (including phenoxy) is 3. The highest BCUT2D eigenvalue weighted by Crippen LogP contribution is 2.26. The predicted octanol–water partition coefficient (Wildman–Crippen LogP) is 4.34. The molecule has 2 heterocycles. The normalized spacial score (nSPS) is 26.9. The summed E-state index contributed by atoms with van der Waals surface area (Å²) in [6.07, 6.45) is 5.43. The van der Waals surface area contributed by atoms with Gasteiger partial charge in [0.25, 0.3) is 0 Å². The van der Waals surface area contributed by atoms with Crippen molar-refractivity contribution in [2.24, 2.45) is 35.5 Å². The summed E-state index contributed by atoms with van der Waals surface area (Å²) < 4.78 is 17.6. The van der Waals surface area contributed by atoms with Crippen LogP contribution in [0.1, 0.15) is 182 Å². The number of amides is 11. The third-order valence-electron chi connectivity index (χ3n) is 18.2. The fourth-order valence-electron chi connectivity index (χ4n) is 12.1. The van der Waals surface area contributed by atoms with Gasteiger partial charge in [0.2, 0.25) is 65.0 Å². The molecule has 2 aliphatic rings. The minimum Gasteiger partial charge on any atom is -0.390 e. The third kappa shape index (κ3) is 25.6. The van der Waals surface area contributed by atoms with Crippen LogP contribution < -0.4 is 21.3 Å². The summed E-state index contributed by atoms with van der Waals surface area (Å²) in [5, 5.41) is 22.6. The van der Waals surface area contributed by atoms with Gasteiger partial charge in [0.1, 0.15) is 66.5 Å². The van der Waals surface area contributed by atoms with Gasteiger partial charge in [0.15, 0.2) is 6.29 Å². The Morgan fingerprint density at radius 2 is 0.990 bits per heavy atom. The van der Waals surface area contributed by atoms with Crippen LogP contribution >= 0.6 is 0 Å². The van der Waals surface area contributed by atoms with Gasteiger partial charge in [-0.25, -0.2) is 0 Å². The van der Waals surface area contributed by atoms with Crippen LogP contribution in [0.3, 0.4) is 0 Å². The fraction of sp³-hybridized carbons (Fsp3) is 0.814. The van der Waals surface area contributed by atoms with Crippen molar-refractivity contribution in [2.45, 2.75) is 260 Å². The van der Waals surface area contributed by atoms with E-state index < -0.39 is 162 Å². The van der Waals surface area contributed by atoms with Crippen molar-refractivity contribution in [3.05, 3.63) is 12.2 Å². The number of hydrogen-bond acceptors (Lipinski definition) is 15. The first kappa shape index (κ1) is 85.8. The molecule has 11 amide bonds. The maximum atomic E-state index is 15.4. The fourth-order valence-corrected chi connectivity index (χ4v) is 12.1. The van der Waals surface area contributed by atoms with E-state index in [1.807, 2.05) is 67.5 Å². The Kier molecular flexibility index (Phi) is 35.7. The summed E-state index contributed by atoms with van der Waals surface area (Å²) in [5.74, 6) is -9.15. The standard InChI is InChI=1S/C70H125N11O15/c1-25-27-29-46(13)38-51-61(84)73-49(26-2)64(87)80(23)55(40-94-35-32-56-95-33-28-34-96-56)67(90)79(22)54(39-70(16,17)93)62(85)74-57(44(9)10)68(91)75(18)50(31-30-41(3)4)60(83)71-47(14)59(82)72-48(15)63(86)77(20)52(36-42(5)6)65(88)78(21)53(37-43(7)8)66(89)81(24)58(45(11)12)69(92)76(51)19/h25,27,41-58,93H,26,28-40H2,1-24H3,(H,71,83)(H,72,82)(H,73,84)(H,74,85)/b27-25+/t46-,47-,48+,49+,50-,51+,52+,53+,54+,55-,57-,58+/m1/s1. The first-order valence-electron chi connectivity index (χ1n) is 34.8. The zero-order valence-electron chi connectivity index (χ0n) is 62.7. The van der Waals surface area contributed by atoms with Crippen LogP contribution in [-0.2, 0) is 67.0 Å². The lowest BCUT2D eigenvalue weighted by Gasteiger charge is -2.41. The first-order valence-corrected chi connectivity index (χ1v) is 34.8. The molecule has 0 unspecified atom stereocenters. The molecule has 12 atom stereocenters. The number of hydrogen-bond donors (Lipinski definition) is 5. The van der Waals surface area contributed by atoms with E-state index in [0.717, 1.165) is 9.80 Å². The monoisotopic (exact) mass is 1360 g/mol. The summed E-state index contributed by atoms with van der Waals surface area (Å²) in [4.78, 5) is 173. The van der Waals surface area contributed by atoms with E-state index in [-0.39, 0.29) is 75.2 Å². The van der Waals surface area contributed by atoms with Crippen molar-refractivity contribution in [2.75, 3.05) is 75.8 Å². The number of allylic oxidation sites excluding steroid dienone is 2. The molecule has 0 spiro atoms. The third-order valence-corrected chi connectivity index (χ3v) is 18.2. The number of nitrogens with zero attached hydrogens (tertiary/aromatic N) is 7. The molecule has 550 valence electrons. The van der Waals surface area contributed by atoms with E-state index in [0.29, 0.717) is 32.5 Å². The SMILES string of the molecule is C/C=C/C[C@@H](C)C[C@H]1C(=O)N[C@@H](CC)C(=O)N(C)[C@H](COCCC2OCCCO2)C(=O)N(C)[C@@H](CC(C)(C)O)C(=O)N[C@H](C(C)C)C(=O)N(C)[C@H](CCC(C)C)C(=O)N[C@H](C)C(=O)N[C@@H](C)C(=O)N(C)[C@@H](CC(C)C)C(=O)N(C)[C@@H](CC(C)C)C(=O)N(C)[C@@H](C(C)C)C(=O)N1C. The maximum Gasteiger partial charge on any atom is 0.248 e. The average molecular weight is 1360 g/mol. The number of likely N-dealkylation sites (N-methyl/N-ethyl adjacent to an activating group) is 7. The molecule has 0 radical (unpaired) electrons. The second-order valence-electron chi connectivity index (χ2n) is 29.4. The predicted molar refractivity (Wildman–Crippen MR) is 368 cm³/mol. The van der Waals surface area contributed by atoms with Crippen LogP contribution in [0.2, 0.25) is 0 Å². The molecular formula is C70H125N11O15. The van der Waals surface area contributed by atoms with Crippen molar-refractivity contribution in [1.82, 2.24) is 55.6 Å². The number of nitrogens with one attached hydrogen (secondary N) is 4. The molecular weight excluding hydrogens is 1230 g/mol. The van der Waals surface area contributed by atoms with Gasteiger partial charge < -0.3 is 74.9 Å². The molecule has 0 bridgehead atoms. The molecule has 5 N–H and O–H groups in total. The van der Waals surface area contributed by atoms with Crippen LogP contribution in [0.5, 0.6) is 0 Å². The van der Waals surface area contributed by atoms with E-state index in [1.165, 1.54) is 102 Å². The van der Waals surface area contributed by atoms with Gasteiger partial charge in [-0.2, -0.15) is 0 Å². The van der Waals surface area contributed by atoms with E-state index in [4.69, 9.17) is 14.2 Å². The topological polar surface area (TPSA) is 306 Å². The lowest BCUT2D eigenvalue weighted by molar-refractivity contribution is -0.187. The molecule has 2 saturated heterocycles. The van der Waals surface area contributed by atoms with Crippen molar-refractivity contribution < 1.29 is 72.1 Å². The Balaban J connectivity index is 3.09. The molecule has 0 aromatic rings. The largest absolute Gasteiger partial charge is 0.390 e. The smallest absolute Gasteiger partial charge is 0.248 e. The molecule has 0 aromatic heterocycles. The molecule has 26 nitrogen and oxygen atoms in total. The van der Waals surface area contributed by atoms with E-state index >= 15 is 33.6 Å². The maximum absolute atomic E-state index is 15.4. The van der Waals surface area contributed by atoms with Crippen molar-refractivity contribution in [3.8, 4) is 0 Å². The number of rotatable bonds is 21. The minimum atomic E-state index is -1.60. The van der Waals surface area contributed by atoms with Gasteiger partial charge in [-0.15, -0.1) is 0 Å². The van der Waals surface area contributed by atoms with Crippen LogP contribution in [0, 0.1) is 35.5 Å². The minimum absolute atomic E-state index is 0.00848. The van der Waals surface area contributed by atoms with Gasteiger partial charge >= 0.3 is 0 Å². The number of aliphatic hydroxyl groups is 1. The molecule has 2 fully saturated rings. The summed E-state index contributed by atoms with van der Waals surface area (Å²) in [6, 6.07) is -13.9. The molecule has 0 saturated carbocycles. The van der Waals surface area contributed by atoms with E-state index in [1.54, 1.807) is 34.6 Å². The van der Waals surface area contributed by atoms with E-state index in [2.05, 4.69) is 21.3 Å². The molecule has 0 aliphatic carbocycles.